The molecule has 1 amide bonds. The predicted molar refractivity (Wildman–Crippen MR) is 80.5 cm³/mol. The fourth-order valence-corrected chi connectivity index (χ4v) is 3.15. The van der Waals surface area contributed by atoms with E-state index in [4.69, 9.17) is 15.2 Å². The molecular weight excluding hydrogens is 268 g/mol. The average Bonchev–Trinajstić information content (AvgIpc) is 2.87. The van der Waals surface area contributed by atoms with Crippen molar-refractivity contribution in [3.05, 3.63) is 17.7 Å². The summed E-state index contributed by atoms with van der Waals surface area (Å²) in [5, 5.41) is 3.14. The Kier molecular flexibility index (Phi) is 3.43. The molecule has 3 N–H and O–H groups in total. The number of carbonyl (C=O) groups excluding carboxylic acids is 1. The molecule has 114 valence electrons. The average molecular weight is 290 g/mol. The van der Waals surface area contributed by atoms with Crippen LogP contribution in [0, 0.1) is 5.41 Å². The molecule has 5 nitrogen and oxygen atoms in total. The monoisotopic (exact) mass is 290 g/mol. The summed E-state index contributed by atoms with van der Waals surface area (Å²) in [6, 6.07) is 3.51. The second-order valence-electron chi connectivity index (χ2n) is 6.55. The molecule has 1 aromatic carbocycles. The summed E-state index contributed by atoms with van der Waals surface area (Å²) in [7, 11) is 0. The first-order chi connectivity index (χ1) is 9.97. The van der Waals surface area contributed by atoms with E-state index in [1.165, 1.54) is 6.42 Å². The highest BCUT2D eigenvalue weighted by Gasteiger charge is 2.33. The second-order valence-corrected chi connectivity index (χ2v) is 6.55. The molecule has 0 radical (unpaired) electrons. The quantitative estimate of drug-likeness (QED) is 0.821. The lowest BCUT2D eigenvalue weighted by molar-refractivity contribution is 0.0854. The molecule has 0 spiro atoms. The van der Waals surface area contributed by atoms with Gasteiger partial charge in [-0.15, -0.1) is 0 Å². The minimum atomic E-state index is -0.134. The Morgan fingerprint density at radius 3 is 2.71 bits per heavy atom. The van der Waals surface area contributed by atoms with Crippen molar-refractivity contribution >= 4 is 11.6 Å². The molecule has 5 heteroatoms. The van der Waals surface area contributed by atoms with Crippen LogP contribution in [0.1, 0.15) is 49.9 Å². The van der Waals surface area contributed by atoms with Gasteiger partial charge in [-0.25, -0.2) is 0 Å². The molecule has 0 saturated heterocycles. The molecule has 1 aliphatic heterocycles. The minimum Gasteiger partial charge on any atom is -0.454 e. The summed E-state index contributed by atoms with van der Waals surface area (Å²) in [5.41, 5.74) is 6.98. The van der Waals surface area contributed by atoms with E-state index in [-0.39, 0.29) is 24.2 Å². The van der Waals surface area contributed by atoms with E-state index in [9.17, 15) is 4.79 Å². The van der Waals surface area contributed by atoms with Crippen LogP contribution in [0.5, 0.6) is 11.5 Å². The smallest absolute Gasteiger partial charge is 0.253 e. The minimum absolute atomic E-state index is 0.124. The van der Waals surface area contributed by atoms with Gasteiger partial charge in [-0.05, 0) is 24.3 Å². The van der Waals surface area contributed by atoms with Crippen LogP contribution in [0.4, 0.5) is 5.69 Å². The maximum atomic E-state index is 12.5. The summed E-state index contributed by atoms with van der Waals surface area (Å²) in [4.78, 5) is 12.5. The van der Waals surface area contributed by atoms with Gasteiger partial charge in [0.2, 0.25) is 6.79 Å². The number of nitrogens with two attached hydrogens (primary N) is 1. The summed E-state index contributed by atoms with van der Waals surface area (Å²) >= 11 is 0. The lowest BCUT2D eigenvalue weighted by atomic mass is 9.73. The molecule has 1 unspecified atom stereocenters. The first-order valence-electron chi connectivity index (χ1n) is 7.47. The lowest BCUT2D eigenvalue weighted by Gasteiger charge is -2.39. The number of anilines is 1. The van der Waals surface area contributed by atoms with Gasteiger partial charge in [0.05, 0.1) is 5.56 Å². The zero-order valence-corrected chi connectivity index (χ0v) is 12.6. The Labute approximate surface area is 124 Å². The Morgan fingerprint density at radius 1 is 1.29 bits per heavy atom. The molecule has 2 aliphatic rings. The number of hydrogen-bond donors (Lipinski definition) is 2. The molecular formula is C16H22N2O3. The standard InChI is InChI=1S/C16H22N2O3/c1-16(2)6-4-3-5-14(16)18-15(19)10-7-12-13(8-11(10)17)21-9-20-12/h7-8,14H,3-6,9,17H2,1-2H3,(H,18,19). The van der Waals surface area contributed by atoms with E-state index in [0.717, 1.165) is 19.3 Å². The van der Waals surface area contributed by atoms with Gasteiger partial charge in [-0.2, -0.15) is 0 Å². The number of ether oxygens (including phenoxy) is 2. The number of nitrogen functional groups attached to an aromatic ring is 1. The predicted octanol–water partition coefficient (Wildman–Crippen LogP) is 2.70. The fourth-order valence-electron chi connectivity index (χ4n) is 3.15. The van der Waals surface area contributed by atoms with Crippen LogP contribution in [-0.4, -0.2) is 18.7 Å². The van der Waals surface area contributed by atoms with E-state index in [0.29, 0.717) is 22.7 Å². The third kappa shape index (κ3) is 2.64. The Bertz CT molecular complexity index is 569. The van der Waals surface area contributed by atoms with Gasteiger partial charge in [0.15, 0.2) is 11.5 Å². The number of carbonyl (C=O) groups is 1. The highest BCUT2D eigenvalue weighted by molar-refractivity contribution is 6.00. The van der Waals surface area contributed by atoms with Gasteiger partial charge >= 0.3 is 0 Å². The van der Waals surface area contributed by atoms with Crippen LogP contribution < -0.4 is 20.5 Å². The van der Waals surface area contributed by atoms with Gasteiger partial charge < -0.3 is 20.5 Å². The van der Waals surface area contributed by atoms with Crippen LogP contribution in [0.15, 0.2) is 12.1 Å². The summed E-state index contributed by atoms with van der Waals surface area (Å²) in [6.45, 7) is 4.59. The van der Waals surface area contributed by atoms with Gasteiger partial charge in [0.25, 0.3) is 5.91 Å². The van der Waals surface area contributed by atoms with E-state index in [1.807, 2.05) is 0 Å². The molecule has 0 aromatic heterocycles. The molecule has 3 rings (SSSR count). The van der Waals surface area contributed by atoms with Crippen molar-refractivity contribution in [3.8, 4) is 11.5 Å². The van der Waals surface area contributed by atoms with E-state index >= 15 is 0 Å². The summed E-state index contributed by atoms with van der Waals surface area (Å²) in [5.74, 6) is 1.05. The third-order valence-electron chi connectivity index (χ3n) is 4.60. The third-order valence-corrected chi connectivity index (χ3v) is 4.60. The molecule has 0 bridgehead atoms. The van der Waals surface area contributed by atoms with Crippen LogP contribution >= 0.6 is 0 Å². The van der Waals surface area contributed by atoms with Crippen LogP contribution in [0.2, 0.25) is 0 Å². The van der Waals surface area contributed by atoms with Gasteiger partial charge in [0.1, 0.15) is 0 Å². The molecule has 1 atom stereocenters. The van der Waals surface area contributed by atoms with Crippen molar-refractivity contribution in [2.24, 2.45) is 5.41 Å². The zero-order chi connectivity index (χ0) is 15.0. The number of amides is 1. The molecule has 1 heterocycles. The van der Waals surface area contributed by atoms with Crippen molar-refractivity contribution in [1.82, 2.24) is 5.32 Å². The van der Waals surface area contributed by atoms with Crippen molar-refractivity contribution in [3.63, 3.8) is 0 Å². The van der Waals surface area contributed by atoms with Gasteiger partial charge in [-0.1, -0.05) is 26.7 Å². The van der Waals surface area contributed by atoms with Crippen molar-refractivity contribution < 1.29 is 14.3 Å². The Morgan fingerprint density at radius 2 is 2.00 bits per heavy atom. The lowest BCUT2D eigenvalue weighted by Crippen LogP contribution is -2.46. The number of benzene rings is 1. The van der Waals surface area contributed by atoms with Gasteiger partial charge in [0, 0.05) is 17.8 Å². The molecule has 1 saturated carbocycles. The SMILES string of the molecule is CC1(C)CCCCC1NC(=O)c1cc2c(cc1N)OCO2. The normalized spacial score (nSPS) is 22.9. The number of rotatable bonds is 2. The largest absolute Gasteiger partial charge is 0.454 e. The van der Waals surface area contributed by atoms with Crippen molar-refractivity contribution in [1.29, 1.82) is 0 Å². The Hall–Kier alpha value is -1.91. The molecule has 1 fully saturated rings. The van der Waals surface area contributed by atoms with Crippen LogP contribution in [0.3, 0.4) is 0 Å². The first-order valence-corrected chi connectivity index (χ1v) is 7.47. The van der Waals surface area contributed by atoms with Crippen LogP contribution in [-0.2, 0) is 0 Å². The summed E-state index contributed by atoms with van der Waals surface area (Å²) in [6.07, 6.45) is 4.54. The van der Waals surface area contributed by atoms with Crippen molar-refractivity contribution in [2.45, 2.75) is 45.6 Å². The van der Waals surface area contributed by atoms with E-state index < -0.39 is 0 Å². The molecule has 21 heavy (non-hydrogen) atoms. The first kappa shape index (κ1) is 14.0. The molecule has 1 aromatic rings. The van der Waals surface area contributed by atoms with E-state index in [2.05, 4.69) is 19.2 Å². The Balaban J connectivity index is 1.79. The maximum Gasteiger partial charge on any atom is 0.253 e. The summed E-state index contributed by atoms with van der Waals surface area (Å²) < 4.78 is 10.6. The fraction of sp³-hybridized carbons (Fsp3) is 0.562. The number of hydrogen-bond acceptors (Lipinski definition) is 4. The van der Waals surface area contributed by atoms with E-state index in [1.54, 1.807) is 12.1 Å². The second kappa shape index (κ2) is 5.13. The number of fused-ring (bicyclic) bond motifs is 1. The number of nitrogens with one attached hydrogen (secondary N) is 1. The van der Waals surface area contributed by atoms with Crippen molar-refractivity contribution in [2.75, 3.05) is 12.5 Å². The maximum absolute atomic E-state index is 12.5. The highest BCUT2D eigenvalue weighted by Crippen LogP contribution is 2.38. The highest BCUT2D eigenvalue weighted by atomic mass is 16.7. The topological polar surface area (TPSA) is 73.6 Å². The molecule has 1 aliphatic carbocycles. The van der Waals surface area contributed by atoms with Crippen LogP contribution in [0.25, 0.3) is 0 Å². The zero-order valence-electron chi connectivity index (χ0n) is 12.6. The van der Waals surface area contributed by atoms with Gasteiger partial charge in [-0.3, -0.25) is 4.79 Å².